The summed E-state index contributed by atoms with van der Waals surface area (Å²) in [4.78, 5) is 9.73. The lowest BCUT2D eigenvalue weighted by Gasteiger charge is -1.97. The Balaban J connectivity index is 2.46. The molecule has 2 aromatic rings. The summed E-state index contributed by atoms with van der Waals surface area (Å²) in [7, 11) is 0. The topological polar surface area (TPSA) is 89.4 Å². The van der Waals surface area contributed by atoms with Crippen molar-refractivity contribution in [1.29, 1.82) is 0 Å². The van der Waals surface area contributed by atoms with Crippen LogP contribution in [0.4, 0.5) is 10.1 Å². The number of aliphatic hydroxyl groups is 1. The lowest BCUT2D eigenvalue weighted by Crippen LogP contribution is -1.92. The average molecular weight is 238 g/mol. The zero-order valence-electron chi connectivity index (χ0n) is 8.46. The Morgan fingerprint density at radius 3 is 2.82 bits per heavy atom. The van der Waals surface area contributed by atoms with E-state index in [9.17, 15) is 14.5 Å². The number of benzene rings is 1. The molecule has 0 atom stereocenters. The highest BCUT2D eigenvalue weighted by molar-refractivity contribution is 5.62. The number of nitrogens with zero attached hydrogens (tertiary/aromatic N) is 2. The van der Waals surface area contributed by atoms with Gasteiger partial charge in [-0.2, -0.15) is 4.39 Å². The Hall–Kier alpha value is -2.28. The fourth-order valence-electron chi connectivity index (χ4n) is 1.34. The molecule has 0 fully saturated rings. The van der Waals surface area contributed by atoms with Crippen LogP contribution >= 0.6 is 0 Å². The number of halogens is 1. The highest BCUT2D eigenvalue weighted by Crippen LogP contribution is 2.25. The number of aliphatic hydroxyl groups excluding tert-OH is 1. The van der Waals surface area contributed by atoms with Crippen molar-refractivity contribution in [1.82, 2.24) is 5.16 Å². The molecule has 0 saturated carbocycles. The lowest BCUT2D eigenvalue weighted by molar-refractivity contribution is -0.387. The van der Waals surface area contributed by atoms with Crippen molar-refractivity contribution in [2.75, 3.05) is 0 Å². The minimum Gasteiger partial charge on any atom is -0.388 e. The van der Waals surface area contributed by atoms with E-state index in [-0.39, 0.29) is 12.4 Å². The molecule has 88 valence electrons. The second-order valence-electron chi connectivity index (χ2n) is 3.26. The van der Waals surface area contributed by atoms with Crippen LogP contribution in [0.1, 0.15) is 5.76 Å². The minimum absolute atomic E-state index is 0.229. The summed E-state index contributed by atoms with van der Waals surface area (Å²) in [5, 5.41) is 22.9. The minimum atomic E-state index is -0.912. The first-order valence-corrected chi connectivity index (χ1v) is 4.62. The maximum absolute atomic E-state index is 13.1. The molecule has 1 heterocycles. The summed E-state index contributed by atoms with van der Waals surface area (Å²) >= 11 is 0. The van der Waals surface area contributed by atoms with Gasteiger partial charge in [0.05, 0.1) is 4.92 Å². The van der Waals surface area contributed by atoms with Crippen molar-refractivity contribution in [3.8, 4) is 11.3 Å². The average Bonchev–Trinajstić information content (AvgIpc) is 2.78. The summed E-state index contributed by atoms with van der Waals surface area (Å²) in [6.45, 7) is -0.323. The van der Waals surface area contributed by atoms with Crippen molar-refractivity contribution < 1.29 is 18.9 Å². The van der Waals surface area contributed by atoms with Crippen LogP contribution in [0.5, 0.6) is 0 Å². The van der Waals surface area contributed by atoms with Crippen molar-refractivity contribution in [3.63, 3.8) is 0 Å². The van der Waals surface area contributed by atoms with Crippen LogP contribution in [-0.4, -0.2) is 15.2 Å². The fourth-order valence-corrected chi connectivity index (χ4v) is 1.34. The third-order valence-corrected chi connectivity index (χ3v) is 2.15. The molecule has 6 nitrogen and oxygen atoms in total. The summed E-state index contributed by atoms with van der Waals surface area (Å²) in [6, 6.07) is 4.83. The zero-order chi connectivity index (χ0) is 12.4. The molecule has 1 aromatic carbocycles. The predicted octanol–water partition coefficient (Wildman–Crippen LogP) is 1.88. The van der Waals surface area contributed by atoms with E-state index in [1.165, 1.54) is 12.1 Å². The van der Waals surface area contributed by atoms with Crippen molar-refractivity contribution in [2.45, 2.75) is 6.61 Å². The van der Waals surface area contributed by atoms with Crippen LogP contribution in [0.25, 0.3) is 11.3 Å². The van der Waals surface area contributed by atoms with E-state index in [1.54, 1.807) is 0 Å². The van der Waals surface area contributed by atoms with Gasteiger partial charge in [-0.1, -0.05) is 5.16 Å². The van der Waals surface area contributed by atoms with E-state index >= 15 is 0 Å². The Morgan fingerprint density at radius 2 is 2.24 bits per heavy atom. The van der Waals surface area contributed by atoms with Gasteiger partial charge in [-0.15, -0.1) is 0 Å². The second-order valence-corrected chi connectivity index (χ2v) is 3.26. The molecule has 0 spiro atoms. The Kier molecular flexibility index (Phi) is 2.84. The highest BCUT2D eigenvalue weighted by atomic mass is 19.1. The number of hydrogen-bond donors (Lipinski definition) is 1. The van der Waals surface area contributed by atoms with E-state index in [4.69, 9.17) is 9.63 Å². The summed E-state index contributed by atoms with van der Waals surface area (Å²) < 4.78 is 17.8. The molecule has 0 radical (unpaired) electrons. The fraction of sp³-hybridized carbons (Fsp3) is 0.100. The number of hydrogen-bond acceptors (Lipinski definition) is 5. The molecular formula is C10H7FN2O4. The van der Waals surface area contributed by atoms with Gasteiger partial charge in [-0.05, 0) is 12.1 Å². The van der Waals surface area contributed by atoms with Gasteiger partial charge in [-0.3, -0.25) is 10.1 Å². The van der Waals surface area contributed by atoms with Gasteiger partial charge in [0.2, 0.25) is 5.82 Å². The molecule has 1 aromatic heterocycles. The maximum atomic E-state index is 13.1. The van der Waals surface area contributed by atoms with Gasteiger partial charge in [0, 0.05) is 17.7 Å². The van der Waals surface area contributed by atoms with E-state index in [1.807, 2.05) is 0 Å². The quantitative estimate of drug-likeness (QED) is 0.651. The molecule has 1 N–H and O–H groups in total. The van der Waals surface area contributed by atoms with Crippen LogP contribution in [0.2, 0.25) is 0 Å². The first kappa shape index (κ1) is 11.2. The Morgan fingerprint density at radius 1 is 1.47 bits per heavy atom. The van der Waals surface area contributed by atoms with Gasteiger partial charge >= 0.3 is 5.69 Å². The third-order valence-electron chi connectivity index (χ3n) is 2.15. The SMILES string of the molecule is O=[N+]([O-])c1cc(-c2cc(CO)on2)ccc1F. The van der Waals surface area contributed by atoms with E-state index < -0.39 is 16.4 Å². The first-order chi connectivity index (χ1) is 8.11. The van der Waals surface area contributed by atoms with Crippen LogP contribution in [-0.2, 0) is 6.61 Å². The smallest absolute Gasteiger partial charge is 0.305 e. The molecule has 17 heavy (non-hydrogen) atoms. The van der Waals surface area contributed by atoms with Crippen molar-refractivity contribution in [3.05, 3.63) is 46.0 Å². The zero-order valence-corrected chi connectivity index (χ0v) is 8.46. The van der Waals surface area contributed by atoms with Crippen LogP contribution < -0.4 is 0 Å². The molecule has 0 aliphatic heterocycles. The standard InChI is InChI=1S/C10H7FN2O4/c11-8-2-1-6(3-10(8)13(15)16)9-4-7(5-14)17-12-9/h1-4,14H,5H2. The van der Waals surface area contributed by atoms with Gasteiger partial charge in [0.15, 0.2) is 5.76 Å². The van der Waals surface area contributed by atoms with E-state index in [0.29, 0.717) is 11.3 Å². The van der Waals surface area contributed by atoms with Crippen molar-refractivity contribution in [2.24, 2.45) is 0 Å². The second kappa shape index (κ2) is 4.30. The van der Waals surface area contributed by atoms with Crippen LogP contribution in [0, 0.1) is 15.9 Å². The monoisotopic (exact) mass is 238 g/mol. The number of nitro groups is 1. The third kappa shape index (κ3) is 2.13. The van der Waals surface area contributed by atoms with Crippen LogP contribution in [0.15, 0.2) is 28.8 Å². The number of nitro benzene ring substituents is 1. The van der Waals surface area contributed by atoms with E-state index in [0.717, 1.165) is 12.1 Å². The lowest BCUT2D eigenvalue weighted by atomic mass is 10.1. The summed E-state index contributed by atoms with van der Waals surface area (Å²) in [5.74, 6) is -0.684. The molecule has 2 rings (SSSR count). The molecule has 0 bridgehead atoms. The predicted molar refractivity (Wildman–Crippen MR) is 54.5 cm³/mol. The van der Waals surface area contributed by atoms with Crippen LogP contribution in [0.3, 0.4) is 0 Å². The van der Waals surface area contributed by atoms with Gasteiger partial charge in [-0.25, -0.2) is 0 Å². The van der Waals surface area contributed by atoms with Gasteiger partial charge in [0.25, 0.3) is 0 Å². The maximum Gasteiger partial charge on any atom is 0.305 e. The normalized spacial score (nSPS) is 10.5. The Labute approximate surface area is 94.4 Å². The number of rotatable bonds is 3. The molecule has 7 heteroatoms. The highest BCUT2D eigenvalue weighted by Gasteiger charge is 2.16. The van der Waals surface area contributed by atoms with Gasteiger partial charge in [0.1, 0.15) is 12.3 Å². The molecule has 0 aliphatic carbocycles. The summed E-state index contributed by atoms with van der Waals surface area (Å²) in [5.41, 5.74) is 0.0229. The largest absolute Gasteiger partial charge is 0.388 e. The molecule has 0 aliphatic rings. The number of aromatic nitrogens is 1. The molecular weight excluding hydrogens is 231 g/mol. The van der Waals surface area contributed by atoms with E-state index in [2.05, 4.69) is 5.16 Å². The van der Waals surface area contributed by atoms with Crippen molar-refractivity contribution >= 4 is 5.69 Å². The Bertz CT molecular complexity index is 567. The molecule has 0 amide bonds. The first-order valence-electron chi connectivity index (χ1n) is 4.62. The summed E-state index contributed by atoms with van der Waals surface area (Å²) in [6.07, 6.45) is 0. The van der Waals surface area contributed by atoms with Gasteiger partial charge < -0.3 is 9.63 Å². The molecule has 0 saturated heterocycles. The molecule has 0 unspecified atom stereocenters.